The van der Waals surface area contributed by atoms with Crippen molar-refractivity contribution in [1.82, 2.24) is 15.0 Å². The molecule has 2 aliphatic carbocycles. The van der Waals surface area contributed by atoms with Crippen molar-refractivity contribution in [2.45, 2.75) is 62.9 Å². The van der Waals surface area contributed by atoms with Crippen molar-refractivity contribution < 1.29 is 19.3 Å². The fourth-order valence-corrected chi connectivity index (χ4v) is 5.10. The second kappa shape index (κ2) is 7.98. The van der Waals surface area contributed by atoms with E-state index < -0.39 is 5.79 Å². The first-order chi connectivity index (χ1) is 15.0. The van der Waals surface area contributed by atoms with Crippen LogP contribution in [0.3, 0.4) is 0 Å². The molecule has 2 fully saturated rings. The van der Waals surface area contributed by atoms with Crippen LogP contribution in [0.1, 0.15) is 37.4 Å². The van der Waals surface area contributed by atoms with E-state index >= 15 is 0 Å². The molecule has 5 rings (SSSR count). The number of aromatic nitrogens is 3. The van der Waals surface area contributed by atoms with E-state index in [1.807, 2.05) is 26.0 Å². The minimum atomic E-state index is -0.667. The van der Waals surface area contributed by atoms with Crippen LogP contribution in [0.5, 0.6) is 0 Å². The number of benzene rings is 1. The number of methoxy groups -OCH3 is 1. The van der Waals surface area contributed by atoms with Gasteiger partial charge in [0.15, 0.2) is 5.79 Å². The monoisotopic (exact) mass is 427 g/mol. The number of hydrogen-bond donors (Lipinski definition) is 3. The predicted octanol–water partition coefficient (Wildman–Crippen LogP) is 1.91. The zero-order valence-electron chi connectivity index (χ0n) is 18.0. The quantitative estimate of drug-likeness (QED) is 0.637. The first-order valence-corrected chi connectivity index (χ1v) is 10.8. The summed E-state index contributed by atoms with van der Waals surface area (Å²) >= 11 is 0. The van der Waals surface area contributed by atoms with E-state index in [2.05, 4.69) is 37.7 Å². The van der Waals surface area contributed by atoms with Gasteiger partial charge in [0.05, 0.1) is 24.3 Å². The van der Waals surface area contributed by atoms with Gasteiger partial charge < -0.3 is 30.0 Å². The van der Waals surface area contributed by atoms with Crippen LogP contribution in [0.15, 0.2) is 30.6 Å². The molecule has 3 aliphatic rings. The molecule has 2 aromatic rings. The van der Waals surface area contributed by atoms with Crippen molar-refractivity contribution in [1.29, 1.82) is 0 Å². The minimum Gasteiger partial charge on any atom is -0.396 e. The maximum Gasteiger partial charge on any atom is 0.228 e. The standard InChI is InChI=1S/C22H29N5O4/c1-22(2)30-18-13(10-28)8-15(19(18)31-22)25-20-23-11-24-21(27-20)26-17-14-7-5-4-6-12(14)9-16(17)29-3/h4-7,11,13,15-19,28H,8-10H2,1-3H3,(H2,23,24,25,26,27)/t13-,15-,16+,17-,18-,19+/m1/s1. The number of fused-ring (bicyclic) bond motifs is 2. The molecule has 0 radical (unpaired) electrons. The summed E-state index contributed by atoms with van der Waals surface area (Å²) in [5.41, 5.74) is 2.47. The largest absolute Gasteiger partial charge is 0.396 e. The summed E-state index contributed by atoms with van der Waals surface area (Å²) in [6, 6.07) is 8.23. The Bertz CT molecular complexity index is 942. The van der Waals surface area contributed by atoms with Crippen molar-refractivity contribution in [2.75, 3.05) is 24.4 Å². The highest BCUT2D eigenvalue weighted by atomic mass is 16.8. The van der Waals surface area contributed by atoms with Crippen molar-refractivity contribution in [2.24, 2.45) is 5.92 Å². The molecule has 0 unspecified atom stereocenters. The second-order valence-electron chi connectivity index (χ2n) is 8.93. The van der Waals surface area contributed by atoms with Gasteiger partial charge in [-0.2, -0.15) is 4.98 Å². The van der Waals surface area contributed by atoms with E-state index in [1.54, 1.807) is 7.11 Å². The third kappa shape index (κ3) is 3.87. The van der Waals surface area contributed by atoms with E-state index in [1.165, 1.54) is 17.5 Å². The smallest absolute Gasteiger partial charge is 0.228 e. The number of anilines is 2. The molecular weight excluding hydrogens is 398 g/mol. The third-order valence-corrected chi connectivity index (χ3v) is 6.47. The van der Waals surface area contributed by atoms with Gasteiger partial charge in [-0.1, -0.05) is 24.3 Å². The Balaban J connectivity index is 1.32. The molecule has 166 valence electrons. The predicted molar refractivity (Wildman–Crippen MR) is 114 cm³/mol. The summed E-state index contributed by atoms with van der Waals surface area (Å²) in [7, 11) is 1.73. The molecule has 9 heteroatoms. The SMILES string of the molecule is CO[C@H]1Cc2ccccc2[C@H]1Nc1ncnc(N[C@@H]2C[C@H](CO)[C@H]3OC(C)(C)O[C@H]32)n1. The molecule has 3 N–H and O–H groups in total. The van der Waals surface area contributed by atoms with Gasteiger partial charge in [0.2, 0.25) is 11.9 Å². The first kappa shape index (κ1) is 20.6. The van der Waals surface area contributed by atoms with Crippen molar-refractivity contribution in [3.8, 4) is 0 Å². The van der Waals surface area contributed by atoms with E-state index in [-0.39, 0.29) is 42.9 Å². The number of nitrogens with zero attached hydrogens (tertiary/aromatic N) is 3. The number of ether oxygens (including phenoxy) is 3. The fourth-order valence-electron chi connectivity index (χ4n) is 5.10. The molecule has 1 aromatic heterocycles. The summed E-state index contributed by atoms with van der Waals surface area (Å²) in [5.74, 6) is 0.299. The molecule has 0 amide bonds. The molecule has 1 saturated carbocycles. The molecule has 31 heavy (non-hydrogen) atoms. The number of hydrogen-bond acceptors (Lipinski definition) is 9. The Morgan fingerprint density at radius 2 is 1.87 bits per heavy atom. The molecule has 2 heterocycles. The van der Waals surface area contributed by atoms with Gasteiger partial charge in [0.1, 0.15) is 12.4 Å². The Kier molecular flexibility index (Phi) is 5.29. The molecule has 1 saturated heterocycles. The van der Waals surface area contributed by atoms with Crippen molar-refractivity contribution >= 4 is 11.9 Å². The molecule has 1 aromatic carbocycles. The van der Waals surface area contributed by atoms with E-state index in [4.69, 9.17) is 14.2 Å². The summed E-state index contributed by atoms with van der Waals surface area (Å²) in [6.45, 7) is 3.85. The highest BCUT2D eigenvalue weighted by molar-refractivity contribution is 5.44. The van der Waals surface area contributed by atoms with Crippen LogP contribution in [-0.4, -0.2) is 63.9 Å². The summed E-state index contributed by atoms with van der Waals surface area (Å²) < 4.78 is 17.8. The maximum absolute atomic E-state index is 9.77. The van der Waals surface area contributed by atoms with E-state index in [0.29, 0.717) is 11.9 Å². The molecular formula is C22H29N5O4. The highest BCUT2D eigenvalue weighted by Crippen LogP contribution is 2.42. The lowest BCUT2D eigenvalue weighted by Gasteiger charge is -2.24. The Labute approximate surface area is 181 Å². The van der Waals surface area contributed by atoms with Crippen LogP contribution in [-0.2, 0) is 20.6 Å². The zero-order valence-corrected chi connectivity index (χ0v) is 18.0. The van der Waals surface area contributed by atoms with Gasteiger partial charge in [-0.15, -0.1) is 0 Å². The van der Waals surface area contributed by atoms with Crippen LogP contribution in [0.25, 0.3) is 0 Å². The van der Waals surface area contributed by atoms with Crippen molar-refractivity contribution in [3.05, 3.63) is 41.7 Å². The third-order valence-electron chi connectivity index (χ3n) is 6.47. The molecule has 9 nitrogen and oxygen atoms in total. The van der Waals surface area contributed by atoms with Crippen LogP contribution in [0.2, 0.25) is 0 Å². The van der Waals surface area contributed by atoms with Crippen LogP contribution < -0.4 is 10.6 Å². The van der Waals surface area contributed by atoms with Crippen molar-refractivity contribution in [3.63, 3.8) is 0 Å². The highest BCUT2D eigenvalue weighted by Gasteiger charge is 2.53. The average molecular weight is 428 g/mol. The summed E-state index contributed by atoms with van der Waals surface area (Å²) in [4.78, 5) is 13.2. The van der Waals surface area contributed by atoms with E-state index in [9.17, 15) is 5.11 Å². The first-order valence-electron chi connectivity index (χ1n) is 10.8. The molecule has 1 aliphatic heterocycles. The van der Waals surface area contributed by atoms with Crippen LogP contribution in [0, 0.1) is 5.92 Å². The summed E-state index contributed by atoms with van der Waals surface area (Å²) in [5, 5.41) is 16.6. The van der Waals surface area contributed by atoms with Gasteiger partial charge in [-0.05, 0) is 31.4 Å². The average Bonchev–Trinajstić information content (AvgIpc) is 3.37. The normalized spacial score (nSPS) is 33.2. The lowest BCUT2D eigenvalue weighted by molar-refractivity contribution is -0.158. The van der Waals surface area contributed by atoms with Gasteiger partial charge in [-0.25, -0.2) is 9.97 Å². The Morgan fingerprint density at radius 1 is 1.13 bits per heavy atom. The van der Waals surface area contributed by atoms with E-state index in [0.717, 1.165) is 12.8 Å². The lowest BCUT2D eigenvalue weighted by atomic mass is 10.1. The fraction of sp³-hybridized carbons (Fsp3) is 0.591. The Hall–Kier alpha value is -2.33. The minimum absolute atomic E-state index is 0.0118. The number of aliphatic hydroxyl groups is 1. The topological polar surface area (TPSA) is 111 Å². The number of nitrogens with one attached hydrogen (secondary N) is 2. The number of rotatable bonds is 6. The molecule has 0 spiro atoms. The Morgan fingerprint density at radius 3 is 2.65 bits per heavy atom. The molecule has 0 bridgehead atoms. The van der Waals surface area contributed by atoms with Gasteiger partial charge >= 0.3 is 0 Å². The maximum atomic E-state index is 9.77. The lowest BCUT2D eigenvalue weighted by Crippen LogP contribution is -2.35. The zero-order chi connectivity index (χ0) is 21.6. The van der Waals surface area contributed by atoms with Crippen LogP contribution >= 0.6 is 0 Å². The van der Waals surface area contributed by atoms with Gasteiger partial charge in [-0.3, -0.25) is 0 Å². The molecule has 6 atom stereocenters. The van der Waals surface area contributed by atoms with Gasteiger partial charge in [0.25, 0.3) is 0 Å². The van der Waals surface area contributed by atoms with Gasteiger partial charge in [0, 0.05) is 26.1 Å². The summed E-state index contributed by atoms with van der Waals surface area (Å²) in [6.07, 6.45) is 2.76. The van der Waals surface area contributed by atoms with Crippen LogP contribution in [0.4, 0.5) is 11.9 Å². The number of aliphatic hydroxyl groups excluding tert-OH is 1. The second-order valence-corrected chi connectivity index (χ2v) is 8.93.